The van der Waals surface area contributed by atoms with Crippen molar-refractivity contribution in [2.75, 3.05) is 12.0 Å². The van der Waals surface area contributed by atoms with Crippen LogP contribution in [0.5, 0.6) is 5.75 Å². The van der Waals surface area contributed by atoms with E-state index >= 15 is 0 Å². The quantitative estimate of drug-likeness (QED) is 0.212. The van der Waals surface area contributed by atoms with E-state index in [0.717, 1.165) is 16.9 Å². The number of benzene rings is 2. The fourth-order valence-electron chi connectivity index (χ4n) is 2.96. The first kappa shape index (κ1) is 21.4. The van der Waals surface area contributed by atoms with E-state index in [1.165, 1.54) is 25.3 Å². The molecule has 2 aromatic carbocycles. The molecule has 9 nitrogen and oxygen atoms in total. The topological polar surface area (TPSA) is 119 Å². The van der Waals surface area contributed by atoms with Crippen LogP contribution < -0.4 is 15.0 Å². The zero-order valence-electron chi connectivity index (χ0n) is 16.0. The van der Waals surface area contributed by atoms with Gasteiger partial charge in [-0.3, -0.25) is 25.0 Å². The minimum absolute atomic E-state index is 0.0787. The number of nitro groups is 1. The van der Waals surface area contributed by atoms with Crippen molar-refractivity contribution in [3.63, 3.8) is 0 Å². The summed E-state index contributed by atoms with van der Waals surface area (Å²) in [6.07, 6.45) is 2.01. The maximum Gasteiger partial charge on any atom is 0.335 e. The first-order valence-corrected chi connectivity index (χ1v) is 9.87. The van der Waals surface area contributed by atoms with E-state index in [-0.39, 0.29) is 22.6 Å². The average Bonchev–Trinajstić information content (AvgIpc) is 2.71. The lowest BCUT2D eigenvalue weighted by Crippen LogP contribution is -2.54. The van der Waals surface area contributed by atoms with Gasteiger partial charge in [0.2, 0.25) is 5.75 Å². The van der Waals surface area contributed by atoms with Gasteiger partial charge in [-0.25, -0.2) is 9.69 Å². The number of carbonyl (C=O) groups excluding carboxylic acids is 3. The maximum atomic E-state index is 12.9. The normalized spacial score (nSPS) is 15.4. The minimum Gasteiger partial charge on any atom is -0.489 e. The second-order valence-electron chi connectivity index (χ2n) is 6.29. The van der Waals surface area contributed by atoms with Crippen LogP contribution in [0, 0.1) is 13.7 Å². The standard InChI is InChI=1S/C20H16IN3O6/c1-3-11-4-6-13(7-5-11)23-19(26)14(18(25)22-20(23)27)8-12-9-15(21)17(30-2)16(10-12)24(28)29/h4-10H,3H2,1-2H3,(H,22,25,27)/b14-8-. The summed E-state index contributed by atoms with van der Waals surface area (Å²) in [5, 5.41) is 13.5. The highest BCUT2D eigenvalue weighted by molar-refractivity contribution is 14.1. The molecule has 2 aromatic rings. The highest BCUT2D eigenvalue weighted by atomic mass is 127. The summed E-state index contributed by atoms with van der Waals surface area (Å²) in [5.74, 6) is -1.61. The van der Waals surface area contributed by atoms with Gasteiger partial charge in [0.05, 0.1) is 21.3 Å². The molecule has 154 valence electrons. The largest absolute Gasteiger partial charge is 0.489 e. The number of aryl methyl sites for hydroxylation is 1. The lowest BCUT2D eigenvalue weighted by molar-refractivity contribution is -0.385. The van der Waals surface area contributed by atoms with Crippen LogP contribution in [0.3, 0.4) is 0 Å². The Morgan fingerprint density at radius 2 is 1.87 bits per heavy atom. The monoisotopic (exact) mass is 521 g/mol. The molecule has 0 spiro atoms. The van der Waals surface area contributed by atoms with Crippen LogP contribution in [-0.2, 0) is 16.0 Å². The van der Waals surface area contributed by atoms with Gasteiger partial charge in [0, 0.05) is 6.07 Å². The Balaban J connectivity index is 2.05. The number of methoxy groups -OCH3 is 1. The molecule has 1 fully saturated rings. The van der Waals surface area contributed by atoms with Crippen molar-refractivity contribution < 1.29 is 24.0 Å². The van der Waals surface area contributed by atoms with Crippen molar-refractivity contribution in [1.29, 1.82) is 0 Å². The van der Waals surface area contributed by atoms with Crippen LogP contribution >= 0.6 is 22.6 Å². The van der Waals surface area contributed by atoms with Crippen LogP contribution in [0.15, 0.2) is 42.0 Å². The third-order valence-corrected chi connectivity index (χ3v) is 5.26. The summed E-state index contributed by atoms with van der Waals surface area (Å²) >= 11 is 1.86. The van der Waals surface area contributed by atoms with Gasteiger partial charge in [-0.2, -0.15) is 0 Å². The number of hydrogen-bond acceptors (Lipinski definition) is 6. The molecule has 3 rings (SSSR count). The summed E-state index contributed by atoms with van der Waals surface area (Å²) in [7, 11) is 1.31. The maximum absolute atomic E-state index is 12.9. The first-order valence-electron chi connectivity index (χ1n) is 8.79. The lowest BCUT2D eigenvalue weighted by atomic mass is 10.1. The van der Waals surface area contributed by atoms with Crippen molar-refractivity contribution in [3.05, 3.63) is 66.8 Å². The number of nitrogens with zero attached hydrogens (tertiary/aromatic N) is 2. The van der Waals surface area contributed by atoms with Gasteiger partial charge in [0.1, 0.15) is 5.57 Å². The number of ether oxygens (including phenoxy) is 1. The number of nitrogens with one attached hydrogen (secondary N) is 1. The number of nitro benzene ring substituents is 1. The fourth-order valence-corrected chi connectivity index (χ4v) is 3.82. The Kier molecular flexibility index (Phi) is 6.15. The van der Waals surface area contributed by atoms with Crippen LogP contribution in [-0.4, -0.2) is 29.9 Å². The predicted octanol–water partition coefficient (Wildman–Crippen LogP) is 3.44. The molecule has 0 aliphatic carbocycles. The number of imide groups is 2. The second kappa shape index (κ2) is 8.61. The summed E-state index contributed by atoms with van der Waals surface area (Å²) in [4.78, 5) is 49.1. The zero-order valence-corrected chi connectivity index (χ0v) is 18.1. The van der Waals surface area contributed by atoms with Gasteiger partial charge in [-0.15, -0.1) is 0 Å². The molecule has 0 radical (unpaired) electrons. The molecule has 0 saturated carbocycles. The average molecular weight is 521 g/mol. The molecule has 1 aliphatic rings. The fraction of sp³-hybridized carbons (Fsp3) is 0.150. The molecule has 30 heavy (non-hydrogen) atoms. The Labute approximate surface area is 185 Å². The van der Waals surface area contributed by atoms with E-state index in [2.05, 4.69) is 5.32 Å². The number of anilines is 1. The van der Waals surface area contributed by atoms with Gasteiger partial charge in [-0.05, 0) is 64.4 Å². The Morgan fingerprint density at radius 3 is 2.43 bits per heavy atom. The molecule has 1 saturated heterocycles. The highest BCUT2D eigenvalue weighted by Crippen LogP contribution is 2.34. The van der Waals surface area contributed by atoms with E-state index in [0.29, 0.717) is 9.26 Å². The molecule has 0 unspecified atom stereocenters. The van der Waals surface area contributed by atoms with E-state index in [9.17, 15) is 24.5 Å². The smallest absolute Gasteiger partial charge is 0.335 e. The van der Waals surface area contributed by atoms with Crippen molar-refractivity contribution in [3.8, 4) is 5.75 Å². The van der Waals surface area contributed by atoms with Gasteiger partial charge < -0.3 is 4.74 Å². The van der Waals surface area contributed by atoms with Crippen LogP contribution in [0.4, 0.5) is 16.2 Å². The molecule has 4 amide bonds. The molecule has 0 atom stereocenters. The third kappa shape index (κ3) is 4.03. The summed E-state index contributed by atoms with van der Waals surface area (Å²) in [5.41, 5.74) is 0.965. The number of carbonyl (C=O) groups is 3. The number of rotatable bonds is 5. The van der Waals surface area contributed by atoms with Crippen molar-refractivity contribution in [2.24, 2.45) is 0 Å². The van der Waals surface area contributed by atoms with E-state index < -0.39 is 22.8 Å². The van der Waals surface area contributed by atoms with Crippen molar-refractivity contribution >= 4 is 57.9 Å². The number of hydrogen-bond donors (Lipinski definition) is 1. The number of barbiturate groups is 1. The van der Waals surface area contributed by atoms with Crippen LogP contribution in [0.2, 0.25) is 0 Å². The molecule has 0 aromatic heterocycles. The van der Waals surface area contributed by atoms with Crippen molar-refractivity contribution in [2.45, 2.75) is 13.3 Å². The Hall–Kier alpha value is -3.28. The molecule has 10 heteroatoms. The van der Waals surface area contributed by atoms with Gasteiger partial charge in [0.25, 0.3) is 11.8 Å². The zero-order chi connectivity index (χ0) is 22.0. The van der Waals surface area contributed by atoms with Crippen LogP contribution in [0.25, 0.3) is 6.08 Å². The first-order chi connectivity index (χ1) is 14.3. The molecular formula is C20H16IN3O6. The van der Waals surface area contributed by atoms with E-state index in [1.807, 2.05) is 29.5 Å². The summed E-state index contributed by atoms with van der Waals surface area (Å²) in [6.45, 7) is 1.97. The van der Waals surface area contributed by atoms with Gasteiger partial charge in [0.15, 0.2) is 0 Å². The van der Waals surface area contributed by atoms with Gasteiger partial charge in [-0.1, -0.05) is 19.1 Å². The molecule has 1 N–H and O–H groups in total. The molecule has 1 heterocycles. The molecular weight excluding hydrogens is 505 g/mol. The SMILES string of the molecule is CCc1ccc(N2C(=O)NC(=O)/C(=C/c3cc(I)c(OC)c([N+](=O)[O-])c3)C2=O)cc1. The second-order valence-corrected chi connectivity index (χ2v) is 7.45. The third-order valence-electron chi connectivity index (χ3n) is 4.46. The number of urea groups is 1. The summed E-state index contributed by atoms with van der Waals surface area (Å²) in [6, 6.07) is 8.68. The van der Waals surface area contributed by atoms with E-state index in [1.54, 1.807) is 24.3 Å². The van der Waals surface area contributed by atoms with E-state index in [4.69, 9.17) is 4.74 Å². The molecule has 0 bridgehead atoms. The Bertz CT molecular complexity index is 1090. The number of halogens is 1. The minimum atomic E-state index is -0.875. The lowest BCUT2D eigenvalue weighted by Gasteiger charge is -2.26. The van der Waals surface area contributed by atoms with Gasteiger partial charge >= 0.3 is 11.7 Å². The Morgan fingerprint density at radius 1 is 1.20 bits per heavy atom. The number of amides is 4. The molecule has 1 aliphatic heterocycles. The predicted molar refractivity (Wildman–Crippen MR) is 117 cm³/mol. The van der Waals surface area contributed by atoms with Crippen molar-refractivity contribution in [1.82, 2.24) is 5.32 Å². The summed E-state index contributed by atoms with van der Waals surface area (Å²) < 4.78 is 5.50. The van der Waals surface area contributed by atoms with Crippen LogP contribution in [0.1, 0.15) is 18.1 Å². The highest BCUT2D eigenvalue weighted by Gasteiger charge is 2.37.